The fourth-order valence-electron chi connectivity index (χ4n) is 3.03. The van der Waals surface area contributed by atoms with E-state index in [1.807, 2.05) is 36.4 Å². The van der Waals surface area contributed by atoms with Crippen LogP contribution in [0.4, 0.5) is 0 Å². The van der Waals surface area contributed by atoms with Crippen LogP contribution in [0.3, 0.4) is 0 Å². The van der Waals surface area contributed by atoms with Gasteiger partial charge in [-0.3, -0.25) is 0 Å². The average Bonchev–Trinajstić information content (AvgIpc) is 2.72. The van der Waals surface area contributed by atoms with E-state index in [-0.39, 0.29) is 0 Å². The minimum Gasteiger partial charge on any atom is -0.494 e. The van der Waals surface area contributed by atoms with Crippen LogP contribution in [0.2, 0.25) is 0 Å². The van der Waals surface area contributed by atoms with Crippen LogP contribution in [-0.4, -0.2) is 17.7 Å². The van der Waals surface area contributed by atoms with Gasteiger partial charge in [-0.2, -0.15) is 0 Å². The summed E-state index contributed by atoms with van der Waals surface area (Å²) in [5, 5.41) is 8.92. The number of hydrogen-bond donors (Lipinski definition) is 1. The number of unbranched alkanes of at least 4 members (excludes halogenated alkanes) is 7. The van der Waals surface area contributed by atoms with Crippen molar-refractivity contribution in [2.45, 2.75) is 58.3 Å². The Bertz CT molecular complexity index is 714. The summed E-state index contributed by atoms with van der Waals surface area (Å²) in [4.78, 5) is 10.9. The Balaban J connectivity index is 1.66. The first-order valence-electron chi connectivity index (χ1n) is 10.4. The lowest BCUT2D eigenvalue weighted by Crippen LogP contribution is -1.97. The molecule has 0 aliphatic rings. The van der Waals surface area contributed by atoms with Crippen molar-refractivity contribution in [1.29, 1.82) is 0 Å². The third kappa shape index (κ3) is 8.43. The second-order valence-corrected chi connectivity index (χ2v) is 7.15. The molecule has 1 N–H and O–H groups in total. The summed E-state index contributed by atoms with van der Waals surface area (Å²) in [7, 11) is 0. The van der Waals surface area contributed by atoms with E-state index in [0.29, 0.717) is 5.56 Å². The molecule has 2 aromatic rings. The molecule has 0 aromatic heterocycles. The molecule has 0 unspecified atom stereocenters. The fourth-order valence-corrected chi connectivity index (χ4v) is 3.03. The second kappa shape index (κ2) is 12.8. The van der Waals surface area contributed by atoms with E-state index in [2.05, 4.69) is 6.92 Å². The Labute approximate surface area is 169 Å². The Morgan fingerprint density at radius 2 is 1.29 bits per heavy atom. The molecular formula is C25H32O3. The van der Waals surface area contributed by atoms with Crippen molar-refractivity contribution in [2.75, 3.05) is 6.61 Å². The molecule has 0 bridgehead atoms. The van der Waals surface area contributed by atoms with Crippen LogP contribution in [0.5, 0.6) is 5.75 Å². The Morgan fingerprint density at radius 1 is 0.786 bits per heavy atom. The van der Waals surface area contributed by atoms with Gasteiger partial charge in [0.05, 0.1) is 12.2 Å². The van der Waals surface area contributed by atoms with Crippen LogP contribution in [0, 0.1) is 0 Å². The second-order valence-electron chi connectivity index (χ2n) is 7.15. The van der Waals surface area contributed by atoms with Crippen LogP contribution in [0.1, 0.15) is 79.8 Å². The lowest BCUT2D eigenvalue weighted by molar-refractivity contribution is 0.0697. The zero-order valence-electron chi connectivity index (χ0n) is 16.9. The molecular weight excluding hydrogens is 348 g/mol. The van der Waals surface area contributed by atoms with Gasteiger partial charge in [-0.1, -0.05) is 88.3 Å². The van der Waals surface area contributed by atoms with Crippen molar-refractivity contribution in [3.8, 4) is 5.75 Å². The van der Waals surface area contributed by atoms with Gasteiger partial charge in [-0.25, -0.2) is 4.79 Å². The minimum absolute atomic E-state index is 0.301. The van der Waals surface area contributed by atoms with E-state index in [1.54, 1.807) is 24.3 Å². The van der Waals surface area contributed by atoms with Crippen molar-refractivity contribution >= 4 is 18.1 Å². The van der Waals surface area contributed by atoms with Gasteiger partial charge in [-0.05, 0) is 41.8 Å². The first-order valence-corrected chi connectivity index (χ1v) is 10.4. The maximum Gasteiger partial charge on any atom is 0.335 e. The molecule has 2 rings (SSSR count). The summed E-state index contributed by atoms with van der Waals surface area (Å²) < 4.78 is 5.82. The van der Waals surface area contributed by atoms with Gasteiger partial charge < -0.3 is 9.84 Å². The molecule has 0 saturated heterocycles. The van der Waals surface area contributed by atoms with Crippen LogP contribution < -0.4 is 4.74 Å². The van der Waals surface area contributed by atoms with Gasteiger partial charge in [-0.15, -0.1) is 0 Å². The van der Waals surface area contributed by atoms with Gasteiger partial charge in [0.2, 0.25) is 0 Å². The number of carboxylic acid groups (broad SMARTS) is 1. The fraction of sp³-hybridized carbons (Fsp3) is 0.400. The lowest BCUT2D eigenvalue weighted by atomic mass is 10.1. The van der Waals surface area contributed by atoms with Gasteiger partial charge >= 0.3 is 5.97 Å². The van der Waals surface area contributed by atoms with Gasteiger partial charge in [0.15, 0.2) is 0 Å². The monoisotopic (exact) mass is 380 g/mol. The van der Waals surface area contributed by atoms with Crippen molar-refractivity contribution in [3.05, 3.63) is 65.2 Å². The molecule has 3 heteroatoms. The van der Waals surface area contributed by atoms with Crippen LogP contribution >= 0.6 is 0 Å². The summed E-state index contributed by atoms with van der Waals surface area (Å²) >= 11 is 0. The van der Waals surface area contributed by atoms with E-state index >= 15 is 0 Å². The first kappa shape index (κ1) is 21.7. The third-order valence-electron chi connectivity index (χ3n) is 4.77. The predicted octanol–water partition coefficient (Wildman–Crippen LogP) is 7.07. The highest BCUT2D eigenvalue weighted by Gasteiger charge is 2.00. The number of rotatable bonds is 13. The molecule has 28 heavy (non-hydrogen) atoms. The van der Waals surface area contributed by atoms with E-state index < -0.39 is 5.97 Å². The van der Waals surface area contributed by atoms with E-state index in [0.717, 1.165) is 29.9 Å². The molecule has 0 fully saturated rings. The molecule has 0 radical (unpaired) electrons. The maximum atomic E-state index is 10.9. The topological polar surface area (TPSA) is 46.5 Å². The molecule has 0 heterocycles. The number of carboxylic acids is 1. The maximum absolute atomic E-state index is 10.9. The number of benzene rings is 2. The summed E-state index contributed by atoms with van der Waals surface area (Å²) in [6, 6.07) is 14.9. The standard InChI is InChI=1S/C25H32O3/c1-2-3-4-5-6-7-8-9-20-28-24-18-14-22(15-19-24)11-10-21-12-16-23(17-13-21)25(26)27/h10-19H,2-9,20H2,1H3,(H,26,27)/b11-10+. The Kier molecular flexibility index (Phi) is 9.92. The first-order chi connectivity index (χ1) is 13.7. The lowest BCUT2D eigenvalue weighted by Gasteiger charge is -2.06. The number of aromatic carboxylic acids is 1. The van der Waals surface area contributed by atoms with Gasteiger partial charge in [0.1, 0.15) is 5.75 Å². The minimum atomic E-state index is -0.905. The Morgan fingerprint density at radius 3 is 1.82 bits per heavy atom. The van der Waals surface area contributed by atoms with E-state index in [4.69, 9.17) is 9.84 Å². The van der Waals surface area contributed by atoms with E-state index in [1.165, 1.54) is 44.9 Å². The predicted molar refractivity (Wildman–Crippen MR) is 117 cm³/mol. The van der Waals surface area contributed by atoms with E-state index in [9.17, 15) is 4.79 Å². The summed E-state index contributed by atoms with van der Waals surface area (Å²) in [6.07, 6.45) is 14.4. The van der Waals surface area contributed by atoms with Crippen LogP contribution in [-0.2, 0) is 0 Å². The van der Waals surface area contributed by atoms with Gasteiger partial charge in [0.25, 0.3) is 0 Å². The SMILES string of the molecule is CCCCCCCCCCOc1ccc(/C=C/c2ccc(C(=O)O)cc2)cc1. The average molecular weight is 381 g/mol. The largest absolute Gasteiger partial charge is 0.494 e. The zero-order valence-corrected chi connectivity index (χ0v) is 16.9. The van der Waals surface area contributed by atoms with Crippen LogP contribution in [0.25, 0.3) is 12.2 Å². The normalized spacial score (nSPS) is 11.0. The molecule has 3 nitrogen and oxygen atoms in total. The van der Waals surface area contributed by atoms with Crippen molar-refractivity contribution in [1.82, 2.24) is 0 Å². The smallest absolute Gasteiger partial charge is 0.335 e. The van der Waals surface area contributed by atoms with Gasteiger partial charge in [0, 0.05) is 0 Å². The number of hydrogen-bond acceptors (Lipinski definition) is 2. The molecule has 0 aliphatic heterocycles. The highest BCUT2D eigenvalue weighted by molar-refractivity contribution is 5.88. The molecule has 0 aliphatic carbocycles. The molecule has 0 amide bonds. The molecule has 0 spiro atoms. The quantitative estimate of drug-likeness (QED) is 0.298. The van der Waals surface area contributed by atoms with Crippen molar-refractivity contribution < 1.29 is 14.6 Å². The van der Waals surface area contributed by atoms with Crippen LogP contribution in [0.15, 0.2) is 48.5 Å². The molecule has 0 saturated carbocycles. The summed E-state index contributed by atoms with van der Waals surface area (Å²) in [5.74, 6) is 0.00370. The van der Waals surface area contributed by atoms with Crippen molar-refractivity contribution in [3.63, 3.8) is 0 Å². The highest BCUT2D eigenvalue weighted by atomic mass is 16.5. The number of ether oxygens (including phenoxy) is 1. The Hall–Kier alpha value is -2.55. The highest BCUT2D eigenvalue weighted by Crippen LogP contribution is 2.16. The summed E-state index contributed by atoms with van der Waals surface area (Å²) in [5.41, 5.74) is 2.36. The molecule has 150 valence electrons. The molecule has 0 atom stereocenters. The number of carbonyl (C=O) groups is 1. The molecule has 2 aromatic carbocycles. The third-order valence-corrected chi connectivity index (χ3v) is 4.77. The van der Waals surface area contributed by atoms with Crippen molar-refractivity contribution in [2.24, 2.45) is 0 Å². The summed E-state index contributed by atoms with van der Waals surface area (Å²) in [6.45, 7) is 3.03. The zero-order chi connectivity index (χ0) is 20.0.